The van der Waals surface area contributed by atoms with Gasteiger partial charge in [0.25, 0.3) is 0 Å². The highest BCUT2D eigenvalue weighted by Crippen LogP contribution is 2.02. The molecule has 1 aliphatic rings. The summed E-state index contributed by atoms with van der Waals surface area (Å²) < 4.78 is 0. The molecule has 0 unspecified atom stereocenters. The van der Waals surface area contributed by atoms with E-state index in [2.05, 4.69) is 16.8 Å². The summed E-state index contributed by atoms with van der Waals surface area (Å²) in [7, 11) is 0. The highest BCUT2D eigenvalue weighted by molar-refractivity contribution is 5.74. The lowest BCUT2D eigenvalue weighted by molar-refractivity contribution is 0.145. The van der Waals surface area contributed by atoms with E-state index in [4.69, 9.17) is 0 Å². The number of rotatable bonds is 3. The maximum absolute atomic E-state index is 11.6. The minimum Gasteiger partial charge on any atom is -0.336 e. The van der Waals surface area contributed by atoms with Crippen LogP contribution in [0.2, 0.25) is 0 Å². The molecule has 4 heteroatoms. The van der Waals surface area contributed by atoms with E-state index in [0.29, 0.717) is 0 Å². The van der Waals surface area contributed by atoms with Crippen LogP contribution in [0.5, 0.6) is 0 Å². The predicted molar refractivity (Wildman–Crippen MR) is 61.9 cm³/mol. The summed E-state index contributed by atoms with van der Waals surface area (Å²) in [5, 5.41) is 2.91. The van der Waals surface area contributed by atoms with E-state index in [1.807, 2.05) is 24.8 Å². The van der Waals surface area contributed by atoms with Crippen molar-refractivity contribution in [2.75, 3.05) is 32.7 Å². The van der Waals surface area contributed by atoms with Gasteiger partial charge in [0.15, 0.2) is 0 Å². The topological polar surface area (TPSA) is 35.6 Å². The fourth-order valence-electron chi connectivity index (χ4n) is 1.65. The second kappa shape index (κ2) is 5.75. The summed E-state index contributed by atoms with van der Waals surface area (Å²) in [6, 6.07) is 0.270. The molecule has 1 saturated heterocycles. The predicted octanol–water partition coefficient (Wildman–Crippen LogP) is 0.908. The first kappa shape index (κ1) is 12.0. The third-order valence-electron chi connectivity index (χ3n) is 2.46. The lowest BCUT2D eigenvalue weighted by Crippen LogP contribution is -2.52. The third-order valence-corrected chi connectivity index (χ3v) is 2.46. The molecule has 1 N–H and O–H groups in total. The largest absolute Gasteiger partial charge is 0.336 e. The molecule has 86 valence electrons. The van der Waals surface area contributed by atoms with Crippen LogP contribution >= 0.6 is 0 Å². The van der Waals surface area contributed by atoms with E-state index in [9.17, 15) is 4.79 Å². The van der Waals surface area contributed by atoms with E-state index in [1.54, 1.807) is 0 Å². The number of hydrogen-bond donors (Lipinski definition) is 1. The summed E-state index contributed by atoms with van der Waals surface area (Å²) >= 11 is 0. The highest BCUT2D eigenvalue weighted by Gasteiger charge is 2.20. The van der Waals surface area contributed by atoms with Gasteiger partial charge in [0.05, 0.1) is 0 Å². The van der Waals surface area contributed by atoms with E-state index in [1.165, 1.54) is 0 Å². The van der Waals surface area contributed by atoms with E-state index < -0.39 is 0 Å². The van der Waals surface area contributed by atoms with Crippen molar-refractivity contribution in [3.63, 3.8) is 0 Å². The Morgan fingerprint density at radius 1 is 1.40 bits per heavy atom. The summed E-state index contributed by atoms with van der Waals surface area (Å²) in [5.74, 6) is 0. The Morgan fingerprint density at radius 3 is 2.47 bits per heavy atom. The third kappa shape index (κ3) is 3.91. The molecule has 4 nitrogen and oxygen atoms in total. The van der Waals surface area contributed by atoms with Crippen molar-refractivity contribution in [2.45, 2.75) is 19.9 Å². The zero-order valence-corrected chi connectivity index (χ0v) is 9.70. The SMILES string of the molecule is C=CCN1CCN(C(=O)NC(C)C)CC1. The highest BCUT2D eigenvalue weighted by atomic mass is 16.2. The molecule has 1 heterocycles. The molecule has 0 aromatic carbocycles. The first-order valence-electron chi connectivity index (χ1n) is 5.52. The van der Waals surface area contributed by atoms with Gasteiger partial charge in [-0.2, -0.15) is 0 Å². The number of urea groups is 1. The van der Waals surface area contributed by atoms with E-state index >= 15 is 0 Å². The Hall–Kier alpha value is -1.03. The molecule has 0 atom stereocenters. The van der Waals surface area contributed by atoms with Crippen LogP contribution < -0.4 is 5.32 Å². The van der Waals surface area contributed by atoms with Crippen molar-refractivity contribution in [1.82, 2.24) is 15.1 Å². The van der Waals surface area contributed by atoms with Crippen LogP contribution in [0.3, 0.4) is 0 Å². The van der Waals surface area contributed by atoms with Crippen LogP contribution in [-0.4, -0.2) is 54.6 Å². The van der Waals surface area contributed by atoms with Gasteiger partial charge >= 0.3 is 6.03 Å². The van der Waals surface area contributed by atoms with Gasteiger partial charge in [-0.25, -0.2) is 4.79 Å². The number of amides is 2. The van der Waals surface area contributed by atoms with Crippen LogP contribution in [0.15, 0.2) is 12.7 Å². The Bertz CT molecular complexity index is 220. The lowest BCUT2D eigenvalue weighted by atomic mass is 10.3. The number of carbonyl (C=O) groups is 1. The van der Waals surface area contributed by atoms with Gasteiger partial charge in [-0.05, 0) is 13.8 Å². The summed E-state index contributed by atoms with van der Waals surface area (Å²) in [6.45, 7) is 12.1. The van der Waals surface area contributed by atoms with Gasteiger partial charge in [0.1, 0.15) is 0 Å². The van der Waals surface area contributed by atoms with Crippen molar-refractivity contribution in [1.29, 1.82) is 0 Å². The first-order chi connectivity index (χ1) is 7.13. The molecular formula is C11H21N3O. The molecule has 15 heavy (non-hydrogen) atoms. The maximum atomic E-state index is 11.6. The molecule has 0 radical (unpaired) electrons. The monoisotopic (exact) mass is 211 g/mol. The van der Waals surface area contributed by atoms with Crippen LogP contribution in [-0.2, 0) is 0 Å². The molecule has 0 bridgehead atoms. The molecule has 1 fully saturated rings. The van der Waals surface area contributed by atoms with E-state index in [-0.39, 0.29) is 12.1 Å². The zero-order chi connectivity index (χ0) is 11.3. The maximum Gasteiger partial charge on any atom is 0.317 e. The molecule has 0 saturated carbocycles. The molecule has 0 aromatic heterocycles. The minimum atomic E-state index is 0.0586. The van der Waals surface area contributed by atoms with Crippen LogP contribution in [0.4, 0.5) is 4.79 Å². The summed E-state index contributed by atoms with van der Waals surface area (Å²) in [5.41, 5.74) is 0. The van der Waals surface area contributed by atoms with Gasteiger partial charge in [0, 0.05) is 38.8 Å². The number of nitrogens with one attached hydrogen (secondary N) is 1. The smallest absolute Gasteiger partial charge is 0.317 e. The molecule has 1 rings (SSSR count). The Morgan fingerprint density at radius 2 is 2.00 bits per heavy atom. The fraction of sp³-hybridized carbons (Fsp3) is 0.727. The number of piperazine rings is 1. The molecule has 0 aliphatic carbocycles. The summed E-state index contributed by atoms with van der Waals surface area (Å²) in [4.78, 5) is 15.8. The summed E-state index contributed by atoms with van der Waals surface area (Å²) in [6.07, 6.45) is 1.91. The second-order valence-corrected chi connectivity index (χ2v) is 4.18. The lowest BCUT2D eigenvalue weighted by Gasteiger charge is -2.34. The average Bonchev–Trinajstić information content (AvgIpc) is 2.18. The molecule has 2 amide bonds. The number of nitrogens with zero attached hydrogens (tertiary/aromatic N) is 2. The van der Waals surface area contributed by atoms with Crippen molar-refractivity contribution >= 4 is 6.03 Å². The van der Waals surface area contributed by atoms with Crippen LogP contribution in [0, 0.1) is 0 Å². The molecule has 0 aromatic rings. The van der Waals surface area contributed by atoms with Crippen LogP contribution in [0.25, 0.3) is 0 Å². The van der Waals surface area contributed by atoms with Gasteiger partial charge in [-0.1, -0.05) is 6.08 Å². The van der Waals surface area contributed by atoms with Crippen molar-refractivity contribution in [3.05, 3.63) is 12.7 Å². The Labute approximate surface area is 91.9 Å². The van der Waals surface area contributed by atoms with Crippen molar-refractivity contribution in [3.8, 4) is 0 Å². The van der Waals surface area contributed by atoms with E-state index in [0.717, 1.165) is 32.7 Å². The quantitative estimate of drug-likeness (QED) is 0.704. The fourth-order valence-corrected chi connectivity index (χ4v) is 1.65. The number of carbonyl (C=O) groups excluding carboxylic acids is 1. The molecular weight excluding hydrogens is 190 g/mol. The standard InChI is InChI=1S/C11H21N3O/c1-4-5-13-6-8-14(9-7-13)11(15)12-10(2)3/h4,10H,1,5-9H2,2-3H3,(H,12,15). The first-order valence-corrected chi connectivity index (χ1v) is 5.52. The zero-order valence-electron chi connectivity index (χ0n) is 9.70. The molecule has 0 spiro atoms. The van der Waals surface area contributed by atoms with Gasteiger partial charge in [-0.3, -0.25) is 4.90 Å². The van der Waals surface area contributed by atoms with Crippen LogP contribution in [0.1, 0.15) is 13.8 Å². The Balaban J connectivity index is 2.30. The minimum absolute atomic E-state index is 0.0586. The molecule has 1 aliphatic heterocycles. The van der Waals surface area contributed by atoms with Gasteiger partial charge in [0.2, 0.25) is 0 Å². The van der Waals surface area contributed by atoms with Crippen molar-refractivity contribution < 1.29 is 4.79 Å². The Kier molecular flexibility index (Phi) is 4.62. The number of hydrogen-bond acceptors (Lipinski definition) is 2. The van der Waals surface area contributed by atoms with Gasteiger partial charge in [-0.15, -0.1) is 6.58 Å². The van der Waals surface area contributed by atoms with Crippen molar-refractivity contribution in [2.24, 2.45) is 0 Å². The average molecular weight is 211 g/mol. The van der Waals surface area contributed by atoms with Gasteiger partial charge < -0.3 is 10.2 Å². The normalized spacial score (nSPS) is 17.9. The second-order valence-electron chi connectivity index (χ2n) is 4.18.